The van der Waals surface area contributed by atoms with Crippen molar-refractivity contribution in [2.45, 2.75) is 50.9 Å². The Morgan fingerprint density at radius 2 is 1.97 bits per heavy atom. The highest BCUT2D eigenvalue weighted by atomic mass is 19.1. The summed E-state index contributed by atoms with van der Waals surface area (Å²) in [5, 5.41) is 0. The number of likely N-dealkylation sites (tertiary alicyclic amines) is 2. The Kier molecular flexibility index (Phi) is 4.93. The summed E-state index contributed by atoms with van der Waals surface area (Å²) < 4.78 is 21.9. The number of ether oxygens (including phenoxy) is 1. The molecule has 2 saturated heterocycles. The largest absolute Gasteiger partial charge is 0.444 e. The number of carbonyl (C=O) groups is 1. The maximum absolute atomic E-state index is 14.9. The molecule has 0 saturated carbocycles. The molecule has 2 aliphatic heterocycles. The van der Waals surface area contributed by atoms with Crippen LogP contribution in [0.5, 0.6) is 0 Å². The van der Waals surface area contributed by atoms with Gasteiger partial charge in [0.15, 0.2) is 0 Å². The van der Waals surface area contributed by atoms with Gasteiger partial charge in [0.05, 0.1) is 17.6 Å². The molecule has 1 aromatic carbocycles. The minimum Gasteiger partial charge on any atom is -0.444 e. The zero-order valence-electron chi connectivity index (χ0n) is 17.4. The first-order valence-corrected chi connectivity index (χ1v) is 10.2. The van der Waals surface area contributed by atoms with Crippen molar-refractivity contribution in [1.29, 1.82) is 0 Å². The van der Waals surface area contributed by atoms with Crippen molar-refractivity contribution < 1.29 is 13.9 Å². The maximum Gasteiger partial charge on any atom is 0.410 e. The summed E-state index contributed by atoms with van der Waals surface area (Å²) >= 11 is 0. The van der Waals surface area contributed by atoms with Crippen molar-refractivity contribution in [3.8, 4) is 0 Å². The number of imidazole rings is 1. The van der Waals surface area contributed by atoms with Gasteiger partial charge in [0.25, 0.3) is 0 Å². The molecular formula is C21H29FN4O3. The summed E-state index contributed by atoms with van der Waals surface area (Å²) in [6, 6.07) is 5.73. The van der Waals surface area contributed by atoms with Gasteiger partial charge in [-0.15, -0.1) is 0 Å². The Morgan fingerprint density at radius 1 is 1.24 bits per heavy atom. The lowest BCUT2D eigenvalue weighted by Crippen LogP contribution is -2.60. The van der Waals surface area contributed by atoms with Crippen molar-refractivity contribution >= 4 is 17.1 Å². The number of amides is 1. The number of hydrogen-bond donors (Lipinski definition) is 1. The van der Waals surface area contributed by atoms with Gasteiger partial charge in [-0.05, 0) is 38.8 Å². The highest BCUT2D eigenvalue weighted by molar-refractivity contribution is 5.79. The van der Waals surface area contributed by atoms with Gasteiger partial charge < -0.3 is 14.6 Å². The van der Waals surface area contributed by atoms with Crippen molar-refractivity contribution in [3.63, 3.8) is 0 Å². The van der Waals surface area contributed by atoms with Gasteiger partial charge in [0.1, 0.15) is 11.8 Å². The van der Waals surface area contributed by atoms with Crippen LogP contribution in [0.15, 0.2) is 23.0 Å². The summed E-state index contributed by atoms with van der Waals surface area (Å²) in [7, 11) is 1.77. The number of nitrogens with zero attached hydrogens (tertiary/aromatic N) is 3. The van der Waals surface area contributed by atoms with E-state index in [2.05, 4.69) is 16.0 Å². The van der Waals surface area contributed by atoms with Gasteiger partial charge in [-0.2, -0.15) is 0 Å². The molecule has 2 fully saturated rings. The minimum atomic E-state index is -1.09. The Bertz CT molecular complexity index is 970. The molecule has 29 heavy (non-hydrogen) atoms. The molecular weight excluding hydrogens is 375 g/mol. The molecule has 0 bridgehead atoms. The number of H-pyrrole nitrogens is 1. The Balaban J connectivity index is 1.39. The number of nitrogens with one attached hydrogen (secondary N) is 1. The van der Waals surface area contributed by atoms with Crippen molar-refractivity contribution in [1.82, 2.24) is 19.4 Å². The molecule has 2 atom stereocenters. The Hall–Kier alpha value is -2.35. The summed E-state index contributed by atoms with van der Waals surface area (Å²) in [5.74, 6) is 0.274. The number of aromatic nitrogens is 2. The second-order valence-electron chi connectivity index (χ2n) is 9.18. The quantitative estimate of drug-likeness (QED) is 0.835. The number of benzene rings is 1. The summed E-state index contributed by atoms with van der Waals surface area (Å²) in [6.45, 7) is 7.53. The van der Waals surface area contributed by atoms with Crippen molar-refractivity contribution in [2.24, 2.45) is 7.05 Å². The smallest absolute Gasteiger partial charge is 0.410 e. The number of rotatable bonds is 2. The van der Waals surface area contributed by atoms with Gasteiger partial charge in [0, 0.05) is 38.6 Å². The number of carbonyl (C=O) groups excluding carboxylic acids is 1. The molecule has 0 radical (unpaired) electrons. The lowest BCUT2D eigenvalue weighted by Gasteiger charge is -2.48. The fourth-order valence-corrected chi connectivity index (χ4v) is 4.44. The van der Waals surface area contributed by atoms with Gasteiger partial charge in [0.2, 0.25) is 0 Å². The molecule has 7 nitrogen and oxygen atoms in total. The molecule has 0 aliphatic carbocycles. The van der Waals surface area contributed by atoms with Crippen LogP contribution in [-0.4, -0.2) is 69.4 Å². The number of hydrogen-bond acceptors (Lipinski definition) is 4. The van der Waals surface area contributed by atoms with E-state index in [1.54, 1.807) is 11.6 Å². The second kappa shape index (κ2) is 7.16. The van der Waals surface area contributed by atoms with Crippen LogP contribution in [-0.2, 0) is 11.8 Å². The monoisotopic (exact) mass is 404 g/mol. The van der Waals surface area contributed by atoms with E-state index < -0.39 is 17.9 Å². The number of para-hydroxylation sites is 1. The topological polar surface area (TPSA) is 70.6 Å². The summed E-state index contributed by atoms with van der Waals surface area (Å²) in [6.07, 6.45) is -0.940. The maximum atomic E-state index is 14.9. The molecule has 2 aliphatic rings. The fourth-order valence-electron chi connectivity index (χ4n) is 4.44. The van der Waals surface area contributed by atoms with E-state index in [1.807, 2.05) is 32.9 Å². The normalized spacial score (nSPS) is 24.0. The summed E-state index contributed by atoms with van der Waals surface area (Å²) in [4.78, 5) is 30.7. The van der Waals surface area contributed by atoms with Crippen LogP contribution >= 0.6 is 0 Å². The van der Waals surface area contributed by atoms with Crippen LogP contribution in [0.4, 0.5) is 9.18 Å². The van der Waals surface area contributed by atoms with E-state index in [0.717, 1.165) is 29.7 Å². The van der Waals surface area contributed by atoms with Crippen LogP contribution in [0.25, 0.3) is 11.0 Å². The molecule has 0 unspecified atom stereocenters. The summed E-state index contributed by atoms with van der Waals surface area (Å²) in [5.41, 5.74) is 2.19. The van der Waals surface area contributed by atoms with Crippen LogP contribution in [0, 0.1) is 0 Å². The number of halogens is 1. The predicted molar refractivity (Wildman–Crippen MR) is 109 cm³/mol. The zero-order valence-corrected chi connectivity index (χ0v) is 17.4. The third-order valence-electron chi connectivity index (χ3n) is 5.93. The van der Waals surface area contributed by atoms with E-state index in [4.69, 9.17) is 4.74 Å². The molecule has 3 heterocycles. The Morgan fingerprint density at radius 3 is 2.62 bits per heavy atom. The first-order valence-electron chi connectivity index (χ1n) is 10.2. The van der Waals surface area contributed by atoms with E-state index in [-0.39, 0.29) is 24.2 Å². The van der Waals surface area contributed by atoms with Gasteiger partial charge in [-0.25, -0.2) is 14.0 Å². The lowest BCUT2D eigenvalue weighted by molar-refractivity contribution is -0.0227. The third kappa shape index (κ3) is 3.77. The third-order valence-corrected chi connectivity index (χ3v) is 5.93. The van der Waals surface area contributed by atoms with Gasteiger partial charge in [-0.3, -0.25) is 9.47 Å². The number of piperidine rings is 1. The van der Waals surface area contributed by atoms with Crippen LogP contribution in [0.1, 0.15) is 38.7 Å². The zero-order chi connectivity index (χ0) is 20.9. The molecule has 1 aromatic heterocycles. The highest BCUT2D eigenvalue weighted by Gasteiger charge is 2.42. The molecule has 2 aromatic rings. The fraction of sp³-hybridized carbons (Fsp3) is 0.619. The van der Waals surface area contributed by atoms with E-state index >= 15 is 0 Å². The van der Waals surface area contributed by atoms with Crippen LogP contribution in [0.3, 0.4) is 0 Å². The highest BCUT2D eigenvalue weighted by Crippen LogP contribution is 2.35. The lowest BCUT2D eigenvalue weighted by atomic mass is 9.87. The molecule has 1 N–H and O–H groups in total. The predicted octanol–water partition coefficient (Wildman–Crippen LogP) is 2.61. The molecule has 1 amide bonds. The van der Waals surface area contributed by atoms with Crippen LogP contribution in [0.2, 0.25) is 0 Å². The van der Waals surface area contributed by atoms with Gasteiger partial charge >= 0.3 is 11.8 Å². The van der Waals surface area contributed by atoms with Gasteiger partial charge in [-0.1, -0.05) is 12.1 Å². The first-order chi connectivity index (χ1) is 13.6. The minimum absolute atomic E-state index is 0.0721. The molecule has 158 valence electrons. The van der Waals surface area contributed by atoms with Crippen LogP contribution < -0.4 is 5.69 Å². The Labute approximate surface area is 169 Å². The van der Waals surface area contributed by atoms with E-state index in [1.165, 1.54) is 4.90 Å². The van der Waals surface area contributed by atoms with Crippen molar-refractivity contribution in [2.75, 3.05) is 26.2 Å². The number of alkyl halides is 1. The number of aryl methyl sites for hydroxylation is 1. The van der Waals surface area contributed by atoms with E-state index in [0.29, 0.717) is 13.0 Å². The SMILES string of the molecule is Cn1c(=O)[nH]c2cccc(C3CN([C@H]4CCN(C(=O)OC(C)(C)C)C[C@@H]4F)C3)c21. The van der Waals surface area contributed by atoms with Crippen molar-refractivity contribution in [3.05, 3.63) is 34.2 Å². The molecule has 8 heteroatoms. The number of fused-ring (bicyclic) bond motifs is 1. The average molecular weight is 404 g/mol. The number of aromatic amines is 1. The molecule has 0 spiro atoms. The average Bonchev–Trinajstić information content (AvgIpc) is 2.88. The second-order valence-corrected chi connectivity index (χ2v) is 9.18. The van der Waals surface area contributed by atoms with E-state index in [9.17, 15) is 14.0 Å². The standard InChI is InChI=1S/C21H29FN4O3/c1-21(2,3)29-20(28)25-9-8-17(15(22)12-25)26-10-13(11-26)14-6-5-7-16-18(14)24(4)19(27)23-16/h5-7,13,15,17H,8-12H2,1-4H3,(H,23,27)/t15-,17-/m0/s1. The molecule has 4 rings (SSSR count). The first kappa shape index (κ1) is 19.9.